The number of pyridine rings is 1. The average molecular weight is 400 g/mol. The van der Waals surface area contributed by atoms with E-state index in [1.807, 2.05) is 38.4 Å². The number of H-pyrrole nitrogens is 1. The molecule has 0 bridgehead atoms. The van der Waals surface area contributed by atoms with Gasteiger partial charge >= 0.3 is 0 Å². The molecule has 0 saturated carbocycles. The molecular weight excluding hydrogens is 374 g/mol. The van der Waals surface area contributed by atoms with Crippen LogP contribution in [0.25, 0.3) is 0 Å². The summed E-state index contributed by atoms with van der Waals surface area (Å²) < 4.78 is 5.79. The lowest BCUT2D eigenvalue weighted by molar-refractivity contribution is 0.344. The highest BCUT2D eigenvalue weighted by molar-refractivity contribution is 7.98. The highest BCUT2D eigenvalue weighted by Gasteiger charge is 2.05. The van der Waals surface area contributed by atoms with E-state index in [4.69, 9.17) is 4.42 Å². The van der Waals surface area contributed by atoms with Crippen molar-refractivity contribution < 1.29 is 4.42 Å². The predicted octanol–water partition coefficient (Wildman–Crippen LogP) is 2.76. The standard InChI is InChI=1S/C20H25N5O2S/c1-25(2)13-17-3-4-18(27-17)14-28-10-9-22-20-23-12-16(19(26)24-20)11-15-5-7-21-8-6-15/h3-8,12H,9-11,13-14H2,1-2H3,(H2,22,23,24,26). The third-order valence-electron chi connectivity index (χ3n) is 3.99. The van der Waals surface area contributed by atoms with Gasteiger partial charge in [-0.25, -0.2) is 4.98 Å². The Hall–Kier alpha value is -2.58. The molecule has 0 spiro atoms. The van der Waals surface area contributed by atoms with Gasteiger partial charge in [-0.1, -0.05) is 0 Å². The van der Waals surface area contributed by atoms with Gasteiger partial charge in [-0.2, -0.15) is 11.8 Å². The maximum absolute atomic E-state index is 12.2. The van der Waals surface area contributed by atoms with Crippen molar-refractivity contribution in [3.05, 3.63) is 75.9 Å². The Morgan fingerprint density at radius 3 is 2.71 bits per heavy atom. The van der Waals surface area contributed by atoms with E-state index >= 15 is 0 Å². The molecule has 0 radical (unpaired) electrons. The molecule has 7 nitrogen and oxygen atoms in total. The van der Waals surface area contributed by atoms with Gasteiger partial charge in [0.1, 0.15) is 11.5 Å². The summed E-state index contributed by atoms with van der Waals surface area (Å²) in [7, 11) is 4.04. The number of nitrogens with one attached hydrogen (secondary N) is 2. The Balaban J connectivity index is 1.41. The molecule has 148 valence electrons. The second-order valence-electron chi connectivity index (χ2n) is 6.70. The Morgan fingerprint density at radius 2 is 1.96 bits per heavy atom. The zero-order valence-corrected chi connectivity index (χ0v) is 17.0. The van der Waals surface area contributed by atoms with E-state index in [0.717, 1.165) is 35.1 Å². The minimum atomic E-state index is -0.119. The Morgan fingerprint density at radius 1 is 1.18 bits per heavy atom. The summed E-state index contributed by atoms with van der Waals surface area (Å²) >= 11 is 1.77. The summed E-state index contributed by atoms with van der Waals surface area (Å²) in [4.78, 5) is 25.4. The summed E-state index contributed by atoms with van der Waals surface area (Å²) in [5, 5.41) is 3.16. The third kappa shape index (κ3) is 6.24. The van der Waals surface area contributed by atoms with Crippen molar-refractivity contribution in [1.29, 1.82) is 0 Å². The monoisotopic (exact) mass is 399 g/mol. The van der Waals surface area contributed by atoms with E-state index in [2.05, 4.69) is 25.2 Å². The molecule has 0 aromatic carbocycles. The molecule has 0 aliphatic carbocycles. The molecule has 3 aromatic rings. The largest absolute Gasteiger partial charge is 0.464 e. The summed E-state index contributed by atoms with van der Waals surface area (Å²) in [6.07, 6.45) is 5.61. The first-order valence-electron chi connectivity index (χ1n) is 9.11. The second kappa shape index (κ2) is 10.1. The molecule has 28 heavy (non-hydrogen) atoms. The van der Waals surface area contributed by atoms with E-state index in [1.54, 1.807) is 30.4 Å². The lowest BCUT2D eigenvalue weighted by Crippen LogP contribution is -2.18. The molecule has 3 aromatic heterocycles. The van der Waals surface area contributed by atoms with Crippen molar-refractivity contribution in [2.45, 2.75) is 18.7 Å². The third-order valence-corrected chi connectivity index (χ3v) is 4.97. The number of anilines is 1. The Bertz CT molecular complexity index is 924. The van der Waals surface area contributed by atoms with E-state index < -0.39 is 0 Å². The van der Waals surface area contributed by atoms with E-state index in [0.29, 0.717) is 24.5 Å². The minimum Gasteiger partial charge on any atom is -0.464 e. The smallest absolute Gasteiger partial charge is 0.255 e. The van der Waals surface area contributed by atoms with Gasteiger partial charge in [-0.15, -0.1) is 0 Å². The molecule has 0 unspecified atom stereocenters. The Kier molecular flexibility index (Phi) is 7.27. The van der Waals surface area contributed by atoms with Crippen LogP contribution in [0.2, 0.25) is 0 Å². The highest BCUT2D eigenvalue weighted by atomic mass is 32.2. The molecule has 0 aliphatic heterocycles. The number of furan rings is 1. The van der Waals surface area contributed by atoms with Crippen molar-refractivity contribution in [2.75, 3.05) is 31.7 Å². The number of aromatic amines is 1. The second-order valence-corrected chi connectivity index (χ2v) is 7.81. The molecule has 0 aliphatic rings. The van der Waals surface area contributed by atoms with Gasteiger partial charge in [-0.3, -0.25) is 14.8 Å². The van der Waals surface area contributed by atoms with Crippen LogP contribution in [0.5, 0.6) is 0 Å². The summed E-state index contributed by atoms with van der Waals surface area (Å²) in [5.74, 6) is 4.16. The molecule has 0 saturated heterocycles. The molecule has 3 heterocycles. The number of rotatable bonds is 10. The number of hydrogen-bond acceptors (Lipinski definition) is 7. The van der Waals surface area contributed by atoms with Gasteiger partial charge in [0, 0.05) is 42.9 Å². The van der Waals surface area contributed by atoms with Gasteiger partial charge in [0.25, 0.3) is 5.56 Å². The van der Waals surface area contributed by atoms with Crippen LogP contribution < -0.4 is 10.9 Å². The predicted molar refractivity (Wildman–Crippen MR) is 113 cm³/mol. The van der Waals surface area contributed by atoms with E-state index in [9.17, 15) is 4.79 Å². The topological polar surface area (TPSA) is 87.0 Å². The fourth-order valence-corrected chi connectivity index (χ4v) is 3.42. The van der Waals surface area contributed by atoms with Gasteiger partial charge < -0.3 is 14.6 Å². The lowest BCUT2D eigenvalue weighted by atomic mass is 10.1. The van der Waals surface area contributed by atoms with Crippen LogP contribution in [0.1, 0.15) is 22.6 Å². The maximum atomic E-state index is 12.2. The average Bonchev–Trinajstić information content (AvgIpc) is 3.11. The number of nitrogens with zero attached hydrogens (tertiary/aromatic N) is 3. The van der Waals surface area contributed by atoms with Crippen molar-refractivity contribution in [1.82, 2.24) is 19.9 Å². The first-order chi connectivity index (χ1) is 13.6. The SMILES string of the molecule is CN(C)Cc1ccc(CSCCNc2ncc(Cc3ccncc3)c(=O)[nH]2)o1. The van der Waals surface area contributed by atoms with Gasteiger partial charge in [0.05, 0.1) is 12.3 Å². The fourth-order valence-electron chi connectivity index (χ4n) is 2.67. The molecule has 0 fully saturated rings. The number of aromatic nitrogens is 3. The molecule has 2 N–H and O–H groups in total. The quantitative estimate of drug-likeness (QED) is 0.507. The van der Waals surface area contributed by atoms with Crippen molar-refractivity contribution >= 4 is 17.7 Å². The van der Waals surface area contributed by atoms with Crippen LogP contribution >= 0.6 is 11.8 Å². The highest BCUT2D eigenvalue weighted by Crippen LogP contribution is 2.16. The summed E-state index contributed by atoms with van der Waals surface area (Å²) in [5.41, 5.74) is 1.55. The zero-order valence-electron chi connectivity index (χ0n) is 16.1. The number of thioether (sulfide) groups is 1. The molecule has 8 heteroatoms. The van der Waals surface area contributed by atoms with Crippen LogP contribution in [-0.2, 0) is 18.7 Å². The van der Waals surface area contributed by atoms with Crippen LogP contribution in [0.3, 0.4) is 0 Å². The lowest BCUT2D eigenvalue weighted by Gasteiger charge is -2.07. The first kappa shape index (κ1) is 20.2. The van der Waals surface area contributed by atoms with Gasteiger partial charge in [-0.05, 0) is 43.9 Å². The normalized spacial score (nSPS) is 11.1. The van der Waals surface area contributed by atoms with Crippen molar-refractivity contribution in [2.24, 2.45) is 0 Å². The summed E-state index contributed by atoms with van der Waals surface area (Å²) in [6.45, 7) is 1.52. The minimum absolute atomic E-state index is 0.119. The molecule has 0 amide bonds. The van der Waals surface area contributed by atoms with Gasteiger partial charge in [0.2, 0.25) is 5.95 Å². The molecule has 3 rings (SSSR count). The van der Waals surface area contributed by atoms with Crippen molar-refractivity contribution in [3.8, 4) is 0 Å². The maximum Gasteiger partial charge on any atom is 0.255 e. The van der Waals surface area contributed by atoms with Crippen molar-refractivity contribution in [3.63, 3.8) is 0 Å². The van der Waals surface area contributed by atoms with Crippen LogP contribution in [0.15, 0.2) is 52.1 Å². The fraction of sp³-hybridized carbons (Fsp3) is 0.350. The van der Waals surface area contributed by atoms with Crippen LogP contribution in [-0.4, -0.2) is 46.2 Å². The van der Waals surface area contributed by atoms with E-state index in [-0.39, 0.29) is 5.56 Å². The summed E-state index contributed by atoms with van der Waals surface area (Å²) in [6, 6.07) is 7.84. The zero-order chi connectivity index (χ0) is 19.8. The molecular formula is C20H25N5O2S. The Labute approximate surface area is 168 Å². The van der Waals surface area contributed by atoms with Crippen LogP contribution in [0, 0.1) is 0 Å². The number of hydrogen-bond donors (Lipinski definition) is 2. The van der Waals surface area contributed by atoms with Crippen LogP contribution in [0.4, 0.5) is 5.95 Å². The molecule has 0 atom stereocenters. The van der Waals surface area contributed by atoms with Gasteiger partial charge in [0.15, 0.2) is 0 Å². The van der Waals surface area contributed by atoms with E-state index in [1.165, 1.54) is 0 Å². The first-order valence-corrected chi connectivity index (χ1v) is 10.3.